The van der Waals surface area contributed by atoms with Gasteiger partial charge in [-0.25, -0.2) is 0 Å². The number of fused-ring (bicyclic) bond motifs is 1. The molecule has 0 saturated carbocycles. The summed E-state index contributed by atoms with van der Waals surface area (Å²) in [6, 6.07) is 21.2. The molecule has 0 spiro atoms. The van der Waals surface area contributed by atoms with Crippen LogP contribution < -0.4 is 16.0 Å². The Kier molecular flexibility index (Phi) is 6.09. The number of para-hydroxylation sites is 2. The molecular formula is C25H25N3O2. The average molecular weight is 399 g/mol. The minimum Gasteiger partial charge on any atom is -0.374 e. The van der Waals surface area contributed by atoms with Crippen molar-refractivity contribution in [3.8, 4) is 0 Å². The van der Waals surface area contributed by atoms with Gasteiger partial charge in [0.15, 0.2) is 0 Å². The Bertz CT molecular complexity index is 1090. The van der Waals surface area contributed by atoms with Crippen molar-refractivity contribution in [2.24, 2.45) is 5.92 Å². The number of rotatable bonds is 7. The molecule has 0 aromatic heterocycles. The van der Waals surface area contributed by atoms with Crippen LogP contribution in [0.25, 0.3) is 10.8 Å². The number of carbonyl (C=O) groups excluding carboxylic acids is 2. The van der Waals surface area contributed by atoms with Crippen LogP contribution in [-0.2, 0) is 9.59 Å². The summed E-state index contributed by atoms with van der Waals surface area (Å²) in [5.74, 6) is 0.154. The molecule has 0 radical (unpaired) electrons. The van der Waals surface area contributed by atoms with E-state index in [1.165, 1.54) is 0 Å². The van der Waals surface area contributed by atoms with Crippen LogP contribution in [-0.4, -0.2) is 18.4 Å². The SMILES string of the molecule is O=C(CC1C=CCC1)Nc1ccccc1NCC(=O)Nc1cccc2ccccc12. The molecule has 0 saturated heterocycles. The molecule has 30 heavy (non-hydrogen) atoms. The maximum atomic E-state index is 12.5. The second kappa shape index (κ2) is 9.27. The molecule has 5 nitrogen and oxygen atoms in total. The van der Waals surface area contributed by atoms with E-state index in [0.717, 1.165) is 35.0 Å². The van der Waals surface area contributed by atoms with Crippen LogP contribution in [0.2, 0.25) is 0 Å². The van der Waals surface area contributed by atoms with Crippen molar-refractivity contribution in [3.05, 3.63) is 78.9 Å². The normalized spacial score (nSPS) is 15.1. The van der Waals surface area contributed by atoms with Crippen molar-refractivity contribution in [3.63, 3.8) is 0 Å². The Hall–Kier alpha value is -3.60. The molecule has 1 aliphatic carbocycles. The number of nitrogens with one attached hydrogen (secondary N) is 3. The number of amides is 2. The third kappa shape index (κ3) is 4.87. The van der Waals surface area contributed by atoms with Crippen LogP contribution in [0.5, 0.6) is 0 Å². The van der Waals surface area contributed by atoms with Crippen LogP contribution >= 0.6 is 0 Å². The van der Waals surface area contributed by atoms with Gasteiger partial charge in [0.05, 0.1) is 17.9 Å². The highest BCUT2D eigenvalue weighted by Crippen LogP contribution is 2.25. The standard InChI is InChI=1S/C25H25N3O2/c29-24(16-18-8-1-2-9-18)28-23-14-6-5-13-22(23)26-17-25(30)27-21-15-7-11-19-10-3-4-12-20(19)21/h1,3-8,10-15,18,26H,2,9,16-17H2,(H,27,30)(H,28,29). The molecule has 0 fully saturated rings. The predicted octanol–water partition coefficient (Wildman–Crippen LogP) is 5.19. The van der Waals surface area contributed by atoms with E-state index in [9.17, 15) is 9.59 Å². The first-order chi connectivity index (χ1) is 14.7. The maximum Gasteiger partial charge on any atom is 0.243 e. The topological polar surface area (TPSA) is 70.2 Å². The van der Waals surface area contributed by atoms with Crippen molar-refractivity contribution < 1.29 is 9.59 Å². The molecule has 5 heteroatoms. The van der Waals surface area contributed by atoms with Gasteiger partial charge in [0.2, 0.25) is 11.8 Å². The van der Waals surface area contributed by atoms with Crippen molar-refractivity contribution in [1.82, 2.24) is 0 Å². The smallest absolute Gasteiger partial charge is 0.243 e. The van der Waals surface area contributed by atoms with E-state index in [1.54, 1.807) is 0 Å². The van der Waals surface area contributed by atoms with Crippen LogP contribution in [0, 0.1) is 5.92 Å². The Morgan fingerprint density at radius 1 is 0.800 bits per heavy atom. The van der Waals surface area contributed by atoms with Crippen LogP contribution in [0.1, 0.15) is 19.3 Å². The lowest BCUT2D eigenvalue weighted by Crippen LogP contribution is -2.23. The summed E-state index contributed by atoms with van der Waals surface area (Å²) in [5, 5.41) is 11.2. The number of allylic oxidation sites excluding steroid dienone is 2. The zero-order valence-electron chi connectivity index (χ0n) is 16.7. The molecule has 4 rings (SSSR count). The first-order valence-corrected chi connectivity index (χ1v) is 10.3. The number of hydrogen-bond donors (Lipinski definition) is 3. The largest absolute Gasteiger partial charge is 0.374 e. The lowest BCUT2D eigenvalue weighted by molar-refractivity contribution is -0.117. The van der Waals surface area contributed by atoms with Crippen molar-refractivity contribution in [1.29, 1.82) is 0 Å². The van der Waals surface area contributed by atoms with Crippen molar-refractivity contribution in [2.45, 2.75) is 19.3 Å². The van der Waals surface area contributed by atoms with Gasteiger partial charge in [0.25, 0.3) is 0 Å². The third-order valence-electron chi connectivity index (χ3n) is 5.26. The maximum absolute atomic E-state index is 12.5. The molecule has 3 N–H and O–H groups in total. The summed E-state index contributed by atoms with van der Waals surface area (Å²) < 4.78 is 0. The molecule has 1 aliphatic rings. The molecule has 1 atom stereocenters. The van der Waals surface area contributed by atoms with Gasteiger partial charge in [-0.2, -0.15) is 0 Å². The van der Waals surface area contributed by atoms with E-state index >= 15 is 0 Å². The van der Waals surface area contributed by atoms with Gasteiger partial charge in [0, 0.05) is 17.5 Å². The first kappa shape index (κ1) is 19.7. The van der Waals surface area contributed by atoms with E-state index in [2.05, 4.69) is 28.1 Å². The van der Waals surface area contributed by atoms with E-state index in [1.807, 2.05) is 66.7 Å². The van der Waals surface area contributed by atoms with Gasteiger partial charge >= 0.3 is 0 Å². The monoisotopic (exact) mass is 399 g/mol. The fraction of sp³-hybridized carbons (Fsp3) is 0.200. The summed E-state index contributed by atoms with van der Waals surface area (Å²) in [5.41, 5.74) is 2.19. The minimum atomic E-state index is -0.149. The van der Waals surface area contributed by atoms with Crippen molar-refractivity contribution in [2.75, 3.05) is 22.5 Å². The lowest BCUT2D eigenvalue weighted by atomic mass is 10.0. The van der Waals surface area contributed by atoms with Gasteiger partial charge in [-0.1, -0.05) is 60.7 Å². The molecule has 0 aliphatic heterocycles. The van der Waals surface area contributed by atoms with Crippen LogP contribution in [0.3, 0.4) is 0 Å². The van der Waals surface area contributed by atoms with Gasteiger partial charge in [-0.3, -0.25) is 9.59 Å². The van der Waals surface area contributed by atoms with E-state index in [0.29, 0.717) is 18.0 Å². The second-order valence-corrected chi connectivity index (χ2v) is 7.49. The molecule has 2 amide bonds. The zero-order chi connectivity index (χ0) is 20.8. The van der Waals surface area contributed by atoms with E-state index in [4.69, 9.17) is 0 Å². The van der Waals surface area contributed by atoms with Crippen LogP contribution in [0.4, 0.5) is 17.1 Å². The number of carbonyl (C=O) groups is 2. The minimum absolute atomic E-state index is 0.0130. The van der Waals surface area contributed by atoms with Gasteiger partial charge in [0.1, 0.15) is 0 Å². The molecule has 0 heterocycles. The van der Waals surface area contributed by atoms with Gasteiger partial charge in [-0.15, -0.1) is 0 Å². The van der Waals surface area contributed by atoms with Gasteiger partial charge < -0.3 is 16.0 Å². The number of hydrogen-bond acceptors (Lipinski definition) is 3. The Labute approximate surface area is 176 Å². The van der Waals surface area contributed by atoms with E-state index < -0.39 is 0 Å². The molecule has 0 bridgehead atoms. The zero-order valence-corrected chi connectivity index (χ0v) is 16.7. The highest BCUT2D eigenvalue weighted by molar-refractivity contribution is 6.03. The van der Waals surface area contributed by atoms with Crippen molar-refractivity contribution >= 4 is 39.6 Å². The molecule has 1 unspecified atom stereocenters. The fourth-order valence-electron chi connectivity index (χ4n) is 3.76. The first-order valence-electron chi connectivity index (χ1n) is 10.3. The fourth-order valence-corrected chi connectivity index (χ4v) is 3.76. The highest BCUT2D eigenvalue weighted by Gasteiger charge is 2.15. The third-order valence-corrected chi connectivity index (χ3v) is 5.26. The molecule has 152 valence electrons. The molecule has 3 aromatic rings. The Morgan fingerprint density at radius 3 is 2.33 bits per heavy atom. The van der Waals surface area contributed by atoms with Gasteiger partial charge in [-0.05, 0) is 42.3 Å². The average Bonchev–Trinajstić information content (AvgIpc) is 3.26. The molecular weight excluding hydrogens is 374 g/mol. The number of benzene rings is 3. The Balaban J connectivity index is 1.37. The predicted molar refractivity (Wildman–Crippen MR) is 123 cm³/mol. The Morgan fingerprint density at radius 2 is 1.50 bits per heavy atom. The number of anilines is 3. The summed E-state index contributed by atoms with van der Waals surface area (Å²) in [4.78, 5) is 24.9. The molecule has 3 aromatic carbocycles. The quantitative estimate of drug-likeness (QED) is 0.479. The highest BCUT2D eigenvalue weighted by atomic mass is 16.2. The van der Waals surface area contributed by atoms with Crippen LogP contribution in [0.15, 0.2) is 78.9 Å². The van der Waals surface area contributed by atoms with E-state index in [-0.39, 0.29) is 18.4 Å². The second-order valence-electron chi connectivity index (χ2n) is 7.49. The lowest BCUT2D eigenvalue weighted by Gasteiger charge is -2.14. The summed E-state index contributed by atoms with van der Waals surface area (Å²) in [6.45, 7) is 0.0987. The summed E-state index contributed by atoms with van der Waals surface area (Å²) >= 11 is 0. The summed E-state index contributed by atoms with van der Waals surface area (Å²) in [7, 11) is 0. The summed E-state index contributed by atoms with van der Waals surface area (Å²) in [6.07, 6.45) is 6.79.